The highest BCUT2D eigenvalue weighted by Crippen LogP contribution is 2.37. The number of carbonyl (C=O) groups excluding carboxylic acids is 2. The number of aryl methyl sites for hydroxylation is 2. The first-order valence-electron chi connectivity index (χ1n) is 12.2. The summed E-state index contributed by atoms with van der Waals surface area (Å²) in [6.45, 7) is 6.19. The Labute approximate surface area is 203 Å². The molecular formula is C24H34N4O3S2. The summed E-state index contributed by atoms with van der Waals surface area (Å²) in [5.41, 5.74) is 1.29. The van der Waals surface area contributed by atoms with Crippen molar-refractivity contribution in [2.45, 2.75) is 89.4 Å². The van der Waals surface area contributed by atoms with Crippen molar-refractivity contribution in [3.63, 3.8) is 0 Å². The predicted octanol–water partition coefficient (Wildman–Crippen LogP) is 3.92. The van der Waals surface area contributed by atoms with Gasteiger partial charge in [0.2, 0.25) is 11.8 Å². The minimum absolute atomic E-state index is 0.0362. The normalized spacial score (nSPS) is 16.4. The quantitative estimate of drug-likeness (QED) is 0.448. The van der Waals surface area contributed by atoms with E-state index in [1.165, 1.54) is 28.6 Å². The number of carbonyl (C=O) groups is 2. The number of likely N-dealkylation sites (N-methyl/N-ethyl adjacent to an activating group) is 1. The molecule has 0 unspecified atom stereocenters. The zero-order chi connectivity index (χ0) is 23.5. The third kappa shape index (κ3) is 5.29. The summed E-state index contributed by atoms with van der Waals surface area (Å²) in [4.78, 5) is 47.4. The van der Waals surface area contributed by atoms with Gasteiger partial charge in [-0.05, 0) is 64.9 Å². The molecule has 2 amide bonds. The van der Waals surface area contributed by atoms with E-state index in [-0.39, 0.29) is 41.8 Å². The number of rotatable bonds is 8. The van der Waals surface area contributed by atoms with E-state index in [0.29, 0.717) is 11.7 Å². The summed E-state index contributed by atoms with van der Waals surface area (Å²) in [7, 11) is 0. The minimum atomic E-state index is -0.156. The van der Waals surface area contributed by atoms with Crippen molar-refractivity contribution in [3.05, 3.63) is 20.8 Å². The zero-order valence-electron chi connectivity index (χ0n) is 19.8. The molecule has 2 aliphatic carbocycles. The van der Waals surface area contributed by atoms with E-state index in [2.05, 4.69) is 5.32 Å². The average molecular weight is 491 g/mol. The number of thiophene rings is 1. The molecule has 0 saturated heterocycles. The van der Waals surface area contributed by atoms with Gasteiger partial charge in [0.15, 0.2) is 5.16 Å². The SMILES string of the molecule is CCN(CC(=O)NC(C)C)C(=O)CSc1nc2sc3c(c2c(=O)n1C1CCCC1)CCCC3. The van der Waals surface area contributed by atoms with Crippen molar-refractivity contribution in [2.75, 3.05) is 18.8 Å². The van der Waals surface area contributed by atoms with E-state index >= 15 is 0 Å². The van der Waals surface area contributed by atoms with Crippen molar-refractivity contribution in [1.82, 2.24) is 19.8 Å². The van der Waals surface area contributed by atoms with Crippen LogP contribution in [-0.4, -0.2) is 51.1 Å². The van der Waals surface area contributed by atoms with E-state index in [0.717, 1.165) is 55.2 Å². The Hall–Kier alpha value is -1.87. The number of fused-ring (bicyclic) bond motifs is 3. The highest BCUT2D eigenvalue weighted by atomic mass is 32.2. The molecule has 0 aromatic carbocycles. The third-order valence-corrected chi connectivity index (χ3v) is 8.64. The Morgan fingerprint density at radius 1 is 1.21 bits per heavy atom. The Morgan fingerprint density at radius 2 is 1.94 bits per heavy atom. The van der Waals surface area contributed by atoms with Crippen molar-refractivity contribution in [1.29, 1.82) is 0 Å². The molecule has 33 heavy (non-hydrogen) atoms. The minimum Gasteiger partial charge on any atom is -0.352 e. The van der Waals surface area contributed by atoms with Gasteiger partial charge >= 0.3 is 0 Å². The van der Waals surface area contributed by atoms with Crippen LogP contribution in [0, 0.1) is 0 Å². The Kier molecular flexibility index (Phi) is 7.79. The molecule has 1 fully saturated rings. The van der Waals surface area contributed by atoms with Crippen LogP contribution in [0.1, 0.15) is 75.8 Å². The van der Waals surface area contributed by atoms with E-state index in [1.54, 1.807) is 16.2 Å². The molecule has 2 aromatic heterocycles. The highest BCUT2D eigenvalue weighted by Gasteiger charge is 2.27. The molecule has 0 spiro atoms. The molecule has 1 saturated carbocycles. The second-order valence-electron chi connectivity index (χ2n) is 9.32. The molecule has 2 aliphatic rings. The Balaban J connectivity index is 1.60. The van der Waals surface area contributed by atoms with E-state index in [1.807, 2.05) is 25.3 Å². The van der Waals surface area contributed by atoms with Gasteiger partial charge in [-0.25, -0.2) is 4.98 Å². The predicted molar refractivity (Wildman–Crippen MR) is 134 cm³/mol. The fraction of sp³-hybridized carbons (Fsp3) is 0.667. The molecule has 0 bridgehead atoms. The number of hydrogen-bond donors (Lipinski definition) is 1. The molecular weight excluding hydrogens is 456 g/mol. The first-order valence-corrected chi connectivity index (χ1v) is 14.0. The van der Waals surface area contributed by atoms with Crippen molar-refractivity contribution in [3.8, 4) is 0 Å². The highest BCUT2D eigenvalue weighted by molar-refractivity contribution is 7.99. The molecule has 180 valence electrons. The largest absolute Gasteiger partial charge is 0.352 e. The van der Waals surface area contributed by atoms with Gasteiger partial charge in [0.25, 0.3) is 5.56 Å². The second-order valence-corrected chi connectivity index (χ2v) is 11.3. The third-order valence-electron chi connectivity index (χ3n) is 6.52. The van der Waals surface area contributed by atoms with Gasteiger partial charge in [-0.1, -0.05) is 24.6 Å². The lowest BCUT2D eigenvalue weighted by atomic mass is 9.97. The number of amides is 2. The standard InChI is InChI=1S/C24H34N4O3S2/c1-4-27(13-19(29)25-15(2)3)20(30)14-32-24-26-22-21(17-11-7-8-12-18(17)33-22)23(31)28(24)16-9-5-6-10-16/h15-16H,4-14H2,1-3H3,(H,25,29). The van der Waals surface area contributed by atoms with E-state index < -0.39 is 0 Å². The van der Waals surface area contributed by atoms with Gasteiger partial charge in [0, 0.05) is 23.5 Å². The van der Waals surface area contributed by atoms with Crippen molar-refractivity contribution < 1.29 is 9.59 Å². The topological polar surface area (TPSA) is 84.3 Å². The molecule has 1 N–H and O–H groups in total. The zero-order valence-corrected chi connectivity index (χ0v) is 21.4. The van der Waals surface area contributed by atoms with E-state index in [9.17, 15) is 14.4 Å². The van der Waals surface area contributed by atoms with Gasteiger partial charge in [0.05, 0.1) is 17.7 Å². The smallest absolute Gasteiger partial charge is 0.263 e. The fourth-order valence-electron chi connectivity index (χ4n) is 4.92. The lowest BCUT2D eigenvalue weighted by Gasteiger charge is -2.22. The molecule has 2 aromatic rings. The molecule has 4 rings (SSSR count). The van der Waals surface area contributed by atoms with Gasteiger partial charge in [-0.2, -0.15) is 0 Å². The lowest BCUT2D eigenvalue weighted by Crippen LogP contribution is -2.43. The van der Waals surface area contributed by atoms with Crippen LogP contribution in [0.3, 0.4) is 0 Å². The molecule has 0 atom stereocenters. The van der Waals surface area contributed by atoms with Crippen LogP contribution in [0.5, 0.6) is 0 Å². The van der Waals surface area contributed by atoms with Crippen molar-refractivity contribution >= 4 is 45.1 Å². The summed E-state index contributed by atoms with van der Waals surface area (Å²) in [6.07, 6.45) is 8.50. The van der Waals surface area contributed by atoms with Crippen LogP contribution in [0.2, 0.25) is 0 Å². The maximum absolute atomic E-state index is 13.7. The van der Waals surface area contributed by atoms with Crippen LogP contribution in [0.15, 0.2) is 9.95 Å². The van der Waals surface area contributed by atoms with Gasteiger partial charge in [-0.15, -0.1) is 11.3 Å². The summed E-state index contributed by atoms with van der Waals surface area (Å²) >= 11 is 2.99. The van der Waals surface area contributed by atoms with Crippen LogP contribution in [0.4, 0.5) is 0 Å². The maximum atomic E-state index is 13.7. The Bertz CT molecular complexity index is 1090. The van der Waals surface area contributed by atoms with Crippen LogP contribution < -0.4 is 10.9 Å². The fourth-order valence-corrected chi connectivity index (χ4v) is 7.19. The van der Waals surface area contributed by atoms with Gasteiger partial charge in [0.1, 0.15) is 4.83 Å². The molecule has 7 nitrogen and oxygen atoms in total. The van der Waals surface area contributed by atoms with E-state index in [4.69, 9.17) is 4.98 Å². The van der Waals surface area contributed by atoms with Gasteiger partial charge in [-0.3, -0.25) is 19.0 Å². The van der Waals surface area contributed by atoms with Gasteiger partial charge < -0.3 is 10.2 Å². The first-order chi connectivity index (χ1) is 15.9. The van der Waals surface area contributed by atoms with Crippen LogP contribution in [0.25, 0.3) is 10.2 Å². The summed E-state index contributed by atoms with van der Waals surface area (Å²) in [5, 5.41) is 4.30. The molecule has 2 heterocycles. The average Bonchev–Trinajstić information content (AvgIpc) is 3.43. The Morgan fingerprint density at radius 3 is 2.64 bits per heavy atom. The molecule has 0 aliphatic heterocycles. The molecule has 9 heteroatoms. The van der Waals surface area contributed by atoms with Crippen LogP contribution >= 0.6 is 23.1 Å². The second kappa shape index (κ2) is 10.6. The first kappa shape index (κ1) is 24.3. The number of thioether (sulfide) groups is 1. The van der Waals surface area contributed by atoms with Crippen molar-refractivity contribution in [2.24, 2.45) is 0 Å². The van der Waals surface area contributed by atoms with Crippen LogP contribution in [-0.2, 0) is 22.4 Å². The lowest BCUT2D eigenvalue weighted by molar-refractivity contribution is -0.134. The summed E-state index contributed by atoms with van der Waals surface area (Å²) < 4.78 is 1.89. The molecule has 0 radical (unpaired) electrons. The number of aromatic nitrogens is 2. The maximum Gasteiger partial charge on any atom is 0.263 e. The summed E-state index contributed by atoms with van der Waals surface area (Å²) in [5.74, 6) is -0.102. The monoisotopic (exact) mass is 490 g/mol. The summed E-state index contributed by atoms with van der Waals surface area (Å²) in [6, 6.07) is 0.194. The number of hydrogen-bond acceptors (Lipinski definition) is 6. The number of nitrogens with zero attached hydrogens (tertiary/aromatic N) is 3. The number of nitrogens with one attached hydrogen (secondary N) is 1.